The minimum absolute atomic E-state index is 0.0502. The summed E-state index contributed by atoms with van der Waals surface area (Å²) in [6, 6.07) is 14.1. The molecule has 1 heterocycles. The minimum Gasteiger partial charge on any atom is -0.495 e. The van der Waals surface area contributed by atoms with Gasteiger partial charge in [0, 0.05) is 0 Å². The normalized spacial score (nSPS) is 23.4. The molecule has 0 aromatic heterocycles. The lowest BCUT2D eigenvalue weighted by atomic mass is 9.77. The van der Waals surface area contributed by atoms with Gasteiger partial charge in [-0.3, -0.25) is 0 Å². The molecule has 30 heavy (non-hydrogen) atoms. The van der Waals surface area contributed by atoms with E-state index in [1.54, 1.807) is 12.1 Å². The van der Waals surface area contributed by atoms with Crippen LogP contribution in [0.15, 0.2) is 53.4 Å². The van der Waals surface area contributed by atoms with Crippen LogP contribution in [0.1, 0.15) is 32.1 Å². The van der Waals surface area contributed by atoms with E-state index in [9.17, 15) is 8.42 Å². The number of sulfone groups is 1. The standard InChI is InChI=1S/C23H28ClNO4S/c1-28-21-8-7-19(15-20(21)24)30(26,27)23(17-29-18-5-3-2-4-6-18)10-9-22(16-23)11-13-25-14-12-22/h2-8,15,25H,9-14,16-17H2,1H3. The van der Waals surface area contributed by atoms with Crippen LogP contribution in [0.3, 0.4) is 0 Å². The highest BCUT2D eigenvalue weighted by molar-refractivity contribution is 7.93. The van der Waals surface area contributed by atoms with Gasteiger partial charge in [-0.25, -0.2) is 8.42 Å². The van der Waals surface area contributed by atoms with E-state index < -0.39 is 14.6 Å². The highest BCUT2D eigenvalue weighted by atomic mass is 35.5. The van der Waals surface area contributed by atoms with E-state index in [0.29, 0.717) is 29.4 Å². The molecule has 4 rings (SSSR count). The highest BCUT2D eigenvalue weighted by Gasteiger charge is 2.56. The zero-order valence-corrected chi connectivity index (χ0v) is 18.8. The van der Waals surface area contributed by atoms with Gasteiger partial charge in [0.25, 0.3) is 0 Å². The van der Waals surface area contributed by atoms with Crippen LogP contribution in [0, 0.1) is 5.41 Å². The van der Waals surface area contributed by atoms with Crippen LogP contribution in [0.4, 0.5) is 0 Å². The number of hydrogen-bond donors (Lipinski definition) is 1. The first-order valence-corrected chi connectivity index (χ1v) is 12.2. The molecule has 1 N–H and O–H groups in total. The number of piperidine rings is 1. The fraction of sp³-hybridized carbons (Fsp3) is 0.478. The minimum atomic E-state index is -3.68. The van der Waals surface area contributed by atoms with Gasteiger partial charge in [-0.1, -0.05) is 29.8 Å². The molecule has 1 aliphatic carbocycles. The Morgan fingerprint density at radius 2 is 1.77 bits per heavy atom. The summed E-state index contributed by atoms with van der Waals surface area (Å²) in [4.78, 5) is 0.232. The first-order valence-electron chi connectivity index (χ1n) is 10.4. The fourth-order valence-corrected chi connectivity index (χ4v) is 7.39. The van der Waals surface area contributed by atoms with Gasteiger partial charge in [-0.05, 0) is 80.9 Å². The molecule has 0 bridgehead atoms. The fourth-order valence-electron chi connectivity index (χ4n) is 4.96. The number of halogens is 1. The van der Waals surface area contributed by atoms with Crippen molar-refractivity contribution < 1.29 is 17.9 Å². The van der Waals surface area contributed by atoms with Gasteiger partial charge in [0.1, 0.15) is 22.9 Å². The van der Waals surface area contributed by atoms with Crippen LogP contribution in [0.5, 0.6) is 11.5 Å². The Hall–Kier alpha value is -1.76. The molecule has 2 fully saturated rings. The molecule has 162 valence electrons. The molecular formula is C23H28ClNO4S. The van der Waals surface area contributed by atoms with Crippen molar-refractivity contribution in [2.45, 2.75) is 41.7 Å². The van der Waals surface area contributed by atoms with E-state index in [0.717, 1.165) is 32.4 Å². The second kappa shape index (κ2) is 8.40. The molecule has 5 nitrogen and oxygen atoms in total. The van der Waals surface area contributed by atoms with E-state index in [1.807, 2.05) is 30.3 Å². The summed E-state index contributed by atoms with van der Waals surface area (Å²) in [6.07, 6.45) is 4.10. The maximum atomic E-state index is 14.0. The maximum Gasteiger partial charge on any atom is 0.187 e. The molecule has 2 aromatic carbocycles. The van der Waals surface area contributed by atoms with Gasteiger partial charge in [-0.2, -0.15) is 0 Å². The van der Waals surface area contributed by atoms with Gasteiger partial charge in [0.2, 0.25) is 0 Å². The largest absolute Gasteiger partial charge is 0.495 e. The van der Waals surface area contributed by atoms with Crippen molar-refractivity contribution >= 4 is 21.4 Å². The number of benzene rings is 2. The van der Waals surface area contributed by atoms with Crippen molar-refractivity contribution in [3.63, 3.8) is 0 Å². The lowest BCUT2D eigenvalue weighted by molar-refractivity contribution is 0.189. The molecule has 1 saturated heterocycles. The van der Waals surface area contributed by atoms with Crippen LogP contribution < -0.4 is 14.8 Å². The van der Waals surface area contributed by atoms with Crippen LogP contribution in [0.2, 0.25) is 5.02 Å². The topological polar surface area (TPSA) is 64.6 Å². The number of rotatable bonds is 6. The Balaban J connectivity index is 1.70. The molecule has 0 amide bonds. The predicted octanol–water partition coefficient (Wildman–Crippen LogP) is 4.49. The quantitative estimate of drug-likeness (QED) is 0.703. The van der Waals surface area contributed by atoms with Gasteiger partial charge in [0.15, 0.2) is 9.84 Å². The van der Waals surface area contributed by atoms with Crippen molar-refractivity contribution in [1.82, 2.24) is 5.32 Å². The molecule has 1 unspecified atom stereocenters. The molecule has 1 aliphatic heterocycles. The lowest BCUT2D eigenvalue weighted by Gasteiger charge is -2.37. The number of methoxy groups -OCH3 is 1. The van der Waals surface area contributed by atoms with Crippen molar-refractivity contribution in [3.8, 4) is 11.5 Å². The Labute approximate surface area is 183 Å². The van der Waals surface area contributed by atoms with Crippen LogP contribution >= 0.6 is 11.6 Å². The van der Waals surface area contributed by atoms with E-state index in [1.165, 1.54) is 13.2 Å². The summed E-state index contributed by atoms with van der Waals surface area (Å²) in [6.45, 7) is 2.01. The summed E-state index contributed by atoms with van der Waals surface area (Å²) in [5.41, 5.74) is 0.0502. The summed E-state index contributed by atoms with van der Waals surface area (Å²) < 4.78 is 38.2. The van der Waals surface area contributed by atoms with Crippen LogP contribution in [0.25, 0.3) is 0 Å². The Kier molecular flexibility index (Phi) is 6.02. The number of ether oxygens (including phenoxy) is 2. The highest BCUT2D eigenvalue weighted by Crippen LogP contribution is 2.54. The second-order valence-corrected chi connectivity index (χ2v) is 11.3. The zero-order chi connectivity index (χ0) is 21.2. The number of nitrogens with one attached hydrogen (secondary N) is 1. The molecule has 1 atom stereocenters. The average molecular weight is 450 g/mol. The Morgan fingerprint density at radius 1 is 1.03 bits per heavy atom. The van der Waals surface area contributed by atoms with E-state index in [-0.39, 0.29) is 16.9 Å². The maximum absolute atomic E-state index is 14.0. The molecule has 0 radical (unpaired) electrons. The molecule has 2 aromatic rings. The third kappa shape index (κ3) is 3.93. The van der Waals surface area contributed by atoms with Gasteiger partial charge in [-0.15, -0.1) is 0 Å². The first-order chi connectivity index (χ1) is 14.4. The second-order valence-electron chi connectivity index (χ2n) is 8.51. The van der Waals surface area contributed by atoms with Gasteiger partial charge in [0.05, 0.1) is 17.0 Å². The van der Waals surface area contributed by atoms with E-state index >= 15 is 0 Å². The van der Waals surface area contributed by atoms with Crippen molar-refractivity contribution in [2.24, 2.45) is 5.41 Å². The zero-order valence-electron chi connectivity index (χ0n) is 17.2. The number of para-hydroxylation sites is 1. The SMILES string of the molecule is COc1ccc(S(=O)(=O)C2(COc3ccccc3)CCC3(CCNCC3)C2)cc1Cl. The summed E-state index contributed by atoms with van der Waals surface area (Å²) >= 11 is 6.27. The van der Waals surface area contributed by atoms with Crippen molar-refractivity contribution in [3.05, 3.63) is 53.6 Å². The first kappa shape index (κ1) is 21.5. The van der Waals surface area contributed by atoms with E-state index in [4.69, 9.17) is 21.1 Å². The summed E-state index contributed by atoms with van der Waals surface area (Å²) in [7, 11) is -2.16. The van der Waals surface area contributed by atoms with Crippen molar-refractivity contribution in [2.75, 3.05) is 26.8 Å². The third-order valence-electron chi connectivity index (χ3n) is 6.72. The van der Waals surface area contributed by atoms with Crippen LogP contribution in [-0.2, 0) is 9.84 Å². The molecular weight excluding hydrogens is 422 g/mol. The predicted molar refractivity (Wildman–Crippen MR) is 118 cm³/mol. The van der Waals surface area contributed by atoms with Crippen LogP contribution in [-0.4, -0.2) is 40.0 Å². The molecule has 1 saturated carbocycles. The summed E-state index contributed by atoms with van der Waals surface area (Å²) in [5, 5.41) is 3.70. The molecule has 2 aliphatic rings. The van der Waals surface area contributed by atoms with Gasteiger partial charge < -0.3 is 14.8 Å². The Bertz CT molecular complexity index is 990. The monoisotopic (exact) mass is 449 g/mol. The van der Waals surface area contributed by atoms with Gasteiger partial charge >= 0.3 is 0 Å². The van der Waals surface area contributed by atoms with E-state index in [2.05, 4.69) is 5.32 Å². The van der Waals surface area contributed by atoms with Crippen molar-refractivity contribution in [1.29, 1.82) is 0 Å². The molecule has 7 heteroatoms. The number of hydrogen-bond acceptors (Lipinski definition) is 5. The smallest absolute Gasteiger partial charge is 0.187 e. The molecule has 1 spiro atoms. The lowest BCUT2D eigenvalue weighted by Crippen LogP contribution is -2.44. The average Bonchev–Trinajstić information content (AvgIpc) is 3.13. The Morgan fingerprint density at radius 3 is 2.43 bits per heavy atom. The summed E-state index contributed by atoms with van der Waals surface area (Å²) in [5.74, 6) is 1.15. The third-order valence-corrected chi connectivity index (χ3v) is 9.50.